The van der Waals surface area contributed by atoms with Crippen LogP contribution in [0.15, 0.2) is 12.3 Å². The number of rotatable bonds is 4. The summed E-state index contributed by atoms with van der Waals surface area (Å²) in [5, 5.41) is 16.0. The lowest BCUT2D eigenvalue weighted by molar-refractivity contribution is -0.144. The van der Waals surface area contributed by atoms with Crippen LogP contribution in [0.4, 0.5) is 0 Å². The van der Waals surface area contributed by atoms with Crippen LogP contribution < -0.4 is 5.32 Å². The van der Waals surface area contributed by atoms with E-state index in [1.54, 1.807) is 4.68 Å². The van der Waals surface area contributed by atoms with Crippen molar-refractivity contribution in [1.29, 1.82) is 0 Å². The molecule has 0 aromatic carbocycles. The molecule has 0 aliphatic heterocycles. The number of aromatic nitrogens is 2. The third kappa shape index (κ3) is 3.56. The first-order chi connectivity index (χ1) is 9.06. The van der Waals surface area contributed by atoms with E-state index in [-0.39, 0.29) is 17.7 Å². The smallest absolute Gasteiger partial charge is 0.306 e. The highest BCUT2D eigenvalue weighted by Gasteiger charge is 2.30. The molecule has 1 aromatic heterocycles. The fourth-order valence-corrected chi connectivity index (χ4v) is 2.53. The topological polar surface area (TPSA) is 84.2 Å². The molecule has 1 fully saturated rings. The number of hydrogen-bond donors (Lipinski definition) is 2. The van der Waals surface area contributed by atoms with E-state index >= 15 is 0 Å². The first-order valence-electron chi connectivity index (χ1n) is 6.55. The Bertz CT molecular complexity index is 469. The summed E-state index contributed by atoms with van der Waals surface area (Å²) < 4.78 is 1.68. The highest BCUT2D eigenvalue weighted by Crippen LogP contribution is 2.29. The molecule has 6 nitrogen and oxygen atoms in total. The molecule has 0 bridgehead atoms. The first kappa shape index (κ1) is 13.6. The summed E-state index contributed by atoms with van der Waals surface area (Å²) in [6.45, 7) is 0.397. The Morgan fingerprint density at radius 2 is 2.21 bits per heavy atom. The lowest BCUT2D eigenvalue weighted by atomic mass is 9.81. The van der Waals surface area contributed by atoms with Gasteiger partial charge in [0.15, 0.2) is 0 Å². The highest BCUT2D eigenvalue weighted by atomic mass is 16.4. The predicted molar refractivity (Wildman–Crippen MR) is 68.1 cm³/mol. The summed E-state index contributed by atoms with van der Waals surface area (Å²) in [6, 6.07) is 1.85. The Morgan fingerprint density at radius 1 is 1.47 bits per heavy atom. The van der Waals surface area contributed by atoms with Gasteiger partial charge in [-0.2, -0.15) is 5.10 Å². The maximum absolute atomic E-state index is 12.0. The zero-order valence-corrected chi connectivity index (χ0v) is 11.0. The zero-order chi connectivity index (χ0) is 13.8. The third-order valence-electron chi connectivity index (χ3n) is 3.61. The van der Waals surface area contributed by atoms with Crippen LogP contribution in [0.5, 0.6) is 0 Å². The van der Waals surface area contributed by atoms with E-state index in [0.717, 1.165) is 18.5 Å². The number of amides is 1. The lowest BCUT2D eigenvalue weighted by Gasteiger charge is -2.25. The van der Waals surface area contributed by atoms with E-state index in [4.69, 9.17) is 5.11 Å². The van der Waals surface area contributed by atoms with Crippen molar-refractivity contribution in [3.05, 3.63) is 18.0 Å². The average molecular weight is 265 g/mol. The quantitative estimate of drug-likeness (QED) is 0.848. The fraction of sp³-hybridized carbons (Fsp3) is 0.615. The number of aliphatic carboxylic acids is 1. The summed E-state index contributed by atoms with van der Waals surface area (Å²) in [5.41, 5.74) is 0.807. The van der Waals surface area contributed by atoms with E-state index in [1.165, 1.54) is 0 Å². The Balaban J connectivity index is 1.84. The highest BCUT2D eigenvalue weighted by molar-refractivity contribution is 5.80. The maximum Gasteiger partial charge on any atom is 0.306 e. The van der Waals surface area contributed by atoms with Crippen LogP contribution in [-0.4, -0.2) is 26.8 Å². The molecule has 0 radical (unpaired) electrons. The zero-order valence-electron chi connectivity index (χ0n) is 11.0. The summed E-state index contributed by atoms with van der Waals surface area (Å²) in [5.74, 6) is -1.41. The summed E-state index contributed by atoms with van der Waals surface area (Å²) in [4.78, 5) is 23.0. The van der Waals surface area contributed by atoms with Gasteiger partial charge in [0.1, 0.15) is 0 Å². The largest absolute Gasteiger partial charge is 0.481 e. The van der Waals surface area contributed by atoms with Crippen molar-refractivity contribution in [3.63, 3.8) is 0 Å². The van der Waals surface area contributed by atoms with Gasteiger partial charge in [0.05, 0.1) is 18.2 Å². The van der Waals surface area contributed by atoms with Crippen molar-refractivity contribution in [2.75, 3.05) is 0 Å². The van der Waals surface area contributed by atoms with Crippen molar-refractivity contribution in [1.82, 2.24) is 15.1 Å². The Labute approximate surface area is 111 Å². The molecule has 1 saturated carbocycles. The van der Waals surface area contributed by atoms with Crippen LogP contribution in [-0.2, 0) is 23.2 Å². The van der Waals surface area contributed by atoms with Crippen molar-refractivity contribution in [3.8, 4) is 0 Å². The van der Waals surface area contributed by atoms with Gasteiger partial charge in [-0.25, -0.2) is 0 Å². The minimum Gasteiger partial charge on any atom is -0.481 e. The molecule has 104 valence electrons. The molecule has 1 aromatic rings. The molecule has 2 N–H and O–H groups in total. The van der Waals surface area contributed by atoms with Gasteiger partial charge in [-0.3, -0.25) is 14.3 Å². The molecule has 0 spiro atoms. The third-order valence-corrected chi connectivity index (χ3v) is 3.61. The second kappa shape index (κ2) is 5.86. The Morgan fingerprint density at radius 3 is 2.84 bits per heavy atom. The molecule has 2 rings (SSSR count). The van der Waals surface area contributed by atoms with E-state index < -0.39 is 5.97 Å². The summed E-state index contributed by atoms with van der Waals surface area (Å²) >= 11 is 0. The standard InChI is InChI=1S/C13H19N3O3/c1-16-6-5-11(15-16)8-14-12(17)9-3-2-4-10(7-9)13(18)19/h5-6,9-10H,2-4,7-8H2,1H3,(H,14,17)(H,18,19). The molecule has 2 atom stereocenters. The van der Waals surface area contributed by atoms with Crippen LogP contribution in [0.2, 0.25) is 0 Å². The van der Waals surface area contributed by atoms with Gasteiger partial charge in [-0.05, 0) is 25.3 Å². The number of carbonyl (C=O) groups is 2. The molecular formula is C13H19N3O3. The first-order valence-corrected chi connectivity index (χ1v) is 6.55. The molecule has 19 heavy (non-hydrogen) atoms. The van der Waals surface area contributed by atoms with Gasteiger partial charge in [-0.15, -0.1) is 0 Å². The van der Waals surface area contributed by atoms with Crippen molar-refractivity contribution < 1.29 is 14.7 Å². The molecule has 6 heteroatoms. The predicted octanol–water partition coefficient (Wildman–Crippen LogP) is 0.927. The van der Waals surface area contributed by atoms with Gasteiger partial charge < -0.3 is 10.4 Å². The molecule has 0 saturated heterocycles. The number of carboxylic acid groups (broad SMARTS) is 1. The number of nitrogens with one attached hydrogen (secondary N) is 1. The molecule has 1 aliphatic carbocycles. The minimum absolute atomic E-state index is 0.0587. The fourth-order valence-electron chi connectivity index (χ4n) is 2.53. The number of hydrogen-bond acceptors (Lipinski definition) is 3. The normalized spacial score (nSPS) is 23.0. The average Bonchev–Trinajstić information content (AvgIpc) is 2.82. The van der Waals surface area contributed by atoms with Crippen LogP contribution in [0.25, 0.3) is 0 Å². The number of carboxylic acids is 1. The molecule has 2 unspecified atom stereocenters. The second-order valence-electron chi connectivity index (χ2n) is 5.10. The van der Waals surface area contributed by atoms with Crippen molar-refractivity contribution in [2.45, 2.75) is 32.2 Å². The van der Waals surface area contributed by atoms with E-state index in [0.29, 0.717) is 19.4 Å². The van der Waals surface area contributed by atoms with Gasteiger partial charge >= 0.3 is 5.97 Å². The Hall–Kier alpha value is -1.85. The van der Waals surface area contributed by atoms with Crippen LogP contribution in [0, 0.1) is 11.8 Å². The molecule has 1 heterocycles. The molecule has 1 amide bonds. The molecular weight excluding hydrogens is 246 g/mol. The van der Waals surface area contributed by atoms with E-state index in [2.05, 4.69) is 10.4 Å². The summed E-state index contributed by atoms with van der Waals surface area (Å²) in [7, 11) is 1.82. The van der Waals surface area contributed by atoms with Gasteiger partial charge in [0.2, 0.25) is 5.91 Å². The lowest BCUT2D eigenvalue weighted by Crippen LogP contribution is -2.35. The van der Waals surface area contributed by atoms with Crippen molar-refractivity contribution >= 4 is 11.9 Å². The number of carbonyl (C=O) groups excluding carboxylic acids is 1. The molecule has 1 aliphatic rings. The minimum atomic E-state index is -0.790. The van der Waals surface area contributed by atoms with Gasteiger partial charge in [-0.1, -0.05) is 6.42 Å². The monoisotopic (exact) mass is 265 g/mol. The second-order valence-corrected chi connectivity index (χ2v) is 5.10. The Kier molecular flexibility index (Phi) is 4.19. The maximum atomic E-state index is 12.0. The number of aryl methyl sites for hydroxylation is 1. The number of nitrogens with zero attached hydrogens (tertiary/aromatic N) is 2. The van der Waals surface area contributed by atoms with Crippen LogP contribution in [0.1, 0.15) is 31.4 Å². The van der Waals surface area contributed by atoms with Gasteiger partial charge in [0.25, 0.3) is 0 Å². The van der Waals surface area contributed by atoms with E-state index in [9.17, 15) is 9.59 Å². The van der Waals surface area contributed by atoms with Gasteiger partial charge in [0, 0.05) is 19.2 Å². The van der Waals surface area contributed by atoms with Crippen molar-refractivity contribution in [2.24, 2.45) is 18.9 Å². The SMILES string of the molecule is Cn1ccc(CNC(=O)C2CCCC(C(=O)O)C2)n1. The van der Waals surface area contributed by atoms with Crippen LogP contribution >= 0.6 is 0 Å². The van der Waals surface area contributed by atoms with Crippen LogP contribution in [0.3, 0.4) is 0 Å². The van der Waals surface area contributed by atoms with E-state index in [1.807, 2.05) is 19.3 Å². The summed E-state index contributed by atoms with van der Waals surface area (Å²) in [6.07, 6.45) is 4.53.